The van der Waals surface area contributed by atoms with Crippen molar-refractivity contribution in [1.29, 1.82) is 0 Å². The van der Waals surface area contributed by atoms with Gasteiger partial charge < -0.3 is 5.32 Å². The zero-order chi connectivity index (χ0) is 15.4. The first kappa shape index (κ1) is 16.2. The van der Waals surface area contributed by atoms with Crippen LogP contribution in [0, 0.1) is 11.6 Å². The van der Waals surface area contributed by atoms with E-state index < -0.39 is 11.6 Å². The van der Waals surface area contributed by atoms with Crippen LogP contribution in [0.25, 0.3) is 0 Å². The highest BCUT2D eigenvalue weighted by atomic mass is 35.5. The second-order valence-electron chi connectivity index (χ2n) is 4.76. The van der Waals surface area contributed by atoms with Gasteiger partial charge in [0.05, 0.1) is 6.04 Å². The van der Waals surface area contributed by atoms with Gasteiger partial charge in [0.15, 0.2) is 11.6 Å². The maximum Gasteiger partial charge on any atom is 0.159 e. The molecule has 0 saturated carbocycles. The highest BCUT2D eigenvalue weighted by Crippen LogP contribution is 2.28. The largest absolute Gasteiger partial charge is 0.306 e. The summed E-state index contributed by atoms with van der Waals surface area (Å²) in [5.74, 6) is -1.74. The first-order chi connectivity index (χ1) is 10.0. The molecule has 0 bridgehead atoms. The van der Waals surface area contributed by atoms with Crippen molar-refractivity contribution in [3.8, 4) is 0 Å². The van der Waals surface area contributed by atoms with Gasteiger partial charge in [0.2, 0.25) is 0 Å². The molecule has 0 amide bonds. The monoisotopic (exact) mass is 329 g/mol. The maximum absolute atomic E-state index is 13.5. The standard InChI is InChI=1S/C16H15Cl2F2N/c1-2-5-21-16(10-3-4-14(19)15(20)8-10)11-6-12(17)9-13(18)7-11/h3-4,6-9,16,21H,2,5H2,1H3. The van der Waals surface area contributed by atoms with Gasteiger partial charge in [0.25, 0.3) is 0 Å². The lowest BCUT2D eigenvalue weighted by Crippen LogP contribution is -2.23. The Balaban J connectivity index is 2.43. The lowest BCUT2D eigenvalue weighted by Gasteiger charge is -2.20. The van der Waals surface area contributed by atoms with Gasteiger partial charge in [0.1, 0.15) is 0 Å². The number of rotatable bonds is 5. The van der Waals surface area contributed by atoms with Gasteiger partial charge in [-0.25, -0.2) is 8.78 Å². The predicted octanol–water partition coefficient (Wildman–Crippen LogP) is 5.36. The molecule has 0 aliphatic rings. The lowest BCUT2D eigenvalue weighted by atomic mass is 9.98. The number of hydrogen-bond acceptors (Lipinski definition) is 1. The molecule has 1 unspecified atom stereocenters. The molecule has 0 radical (unpaired) electrons. The van der Waals surface area contributed by atoms with Crippen LogP contribution in [0.4, 0.5) is 8.78 Å². The normalized spacial score (nSPS) is 12.4. The average Bonchev–Trinajstić information content (AvgIpc) is 2.42. The zero-order valence-corrected chi connectivity index (χ0v) is 13.0. The first-order valence-electron chi connectivity index (χ1n) is 6.65. The van der Waals surface area contributed by atoms with Crippen LogP contribution in [0.15, 0.2) is 36.4 Å². The summed E-state index contributed by atoms with van der Waals surface area (Å²) in [5.41, 5.74) is 1.44. The van der Waals surface area contributed by atoms with E-state index in [-0.39, 0.29) is 6.04 Å². The van der Waals surface area contributed by atoms with Crippen LogP contribution >= 0.6 is 23.2 Å². The summed E-state index contributed by atoms with van der Waals surface area (Å²) in [4.78, 5) is 0. The Hall–Kier alpha value is -1.16. The minimum atomic E-state index is -0.871. The summed E-state index contributed by atoms with van der Waals surface area (Å²) in [7, 11) is 0. The van der Waals surface area contributed by atoms with E-state index in [0.29, 0.717) is 15.6 Å². The molecular weight excluding hydrogens is 315 g/mol. The van der Waals surface area contributed by atoms with E-state index in [2.05, 4.69) is 5.32 Å². The summed E-state index contributed by atoms with van der Waals surface area (Å²) in [6, 6.07) is 8.74. The lowest BCUT2D eigenvalue weighted by molar-refractivity contribution is 0.503. The Morgan fingerprint density at radius 2 is 1.62 bits per heavy atom. The van der Waals surface area contributed by atoms with Crippen molar-refractivity contribution < 1.29 is 8.78 Å². The topological polar surface area (TPSA) is 12.0 Å². The van der Waals surface area contributed by atoms with E-state index in [4.69, 9.17) is 23.2 Å². The van der Waals surface area contributed by atoms with Crippen molar-refractivity contribution in [2.24, 2.45) is 0 Å². The quantitative estimate of drug-likeness (QED) is 0.778. The summed E-state index contributed by atoms with van der Waals surface area (Å²) in [6.45, 7) is 2.76. The third-order valence-electron chi connectivity index (χ3n) is 3.09. The molecule has 5 heteroatoms. The van der Waals surface area contributed by atoms with Gasteiger partial charge in [-0.15, -0.1) is 0 Å². The Morgan fingerprint density at radius 1 is 0.952 bits per heavy atom. The molecule has 2 aromatic rings. The summed E-state index contributed by atoms with van der Waals surface area (Å²) < 4.78 is 26.6. The second kappa shape index (κ2) is 7.21. The molecule has 21 heavy (non-hydrogen) atoms. The highest BCUT2D eigenvalue weighted by Gasteiger charge is 2.16. The molecule has 112 valence electrons. The van der Waals surface area contributed by atoms with Crippen molar-refractivity contribution in [2.45, 2.75) is 19.4 Å². The fraction of sp³-hybridized carbons (Fsp3) is 0.250. The van der Waals surface area contributed by atoms with E-state index >= 15 is 0 Å². The molecule has 0 aromatic heterocycles. The van der Waals surface area contributed by atoms with Gasteiger partial charge in [-0.1, -0.05) is 36.2 Å². The van der Waals surface area contributed by atoms with E-state index in [1.54, 1.807) is 24.3 Å². The third-order valence-corrected chi connectivity index (χ3v) is 3.53. The van der Waals surface area contributed by atoms with Crippen molar-refractivity contribution in [2.75, 3.05) is 6.54 Å². The van der Waals surface area contributed by atoms with Gasteiger partial charge in [0, 0.05) is 10.0 Å². The molecule has 0 saturated heterocycles. The summed E-state index contributed by atoms with van der Waals surface area (Å²) >= 11 is 12.1. The maximum atomic E-state index is 13.5. The molecule has 2 aromatic carbocycles. The van der Waals surface area contributed by atoms with Crippen LogP contribution in [0.2, 0.25) is 10.0 Å². The van der Waals surface area contributed by atoms with E-state index in [1.165, 1.54) is 6.07 Å². The predicted molar refractivity (Wildman–Crippen MR) is 83.0 cm³/mol. The summed E-state index contributed by atoms with van der Waals surface area (Å²) in [5, 5.41) is 4.30. The minimum Gasteiger partial charge on any atom is -0.306 e. The fourth-order valence-corrected chi connectivity index (χ4v) is 2.69. The first-order valence-corrected chi connectivity index (χ1v) is 7.41. The summed E-state index contributed by atoms with van der Waals surface area (Å²) in [6.07, 6.45) is 0.911. The second-order valence-corrected chi connectivity index (χ2v) is 5.64. The Kier molecular flexibility index (Phi) is 5.57. The van der Waals surface area contributed by atoms with Crippen molar-refractivity contribution >= 4 is 23.2 Å². The van der Waals surface area contributed by atoms with Gasteiger partial charge in [-0.3, -0.25) is 0 Å². The van der Waals surface area contributed by atoms with Crippen LogP contribution in [0.3, 0.4) is 0 Å². The number of benzene rings is 2. The van der Waals surface area contributed by atoms with E-state index in [0.717, 1.165) is 24.6 Å². The fourth-order valence-electron chi connectivity index (χ4n) is 2.15. The van der Waals surface area contributed by atoms with Crippen LogP contribution in [0.1, 0.15) is 30.5 Å². The molecule has 1 N–H and O–H groups in total. The van der Waals surface area contributed by atoms with Crippen molar-refractivity contribution in [3.05, 3.63) is 69.2 Å². The Morgan fingerprint density at radius 3 is 2.19 bits per heavy atom. The Labute approximate surface area is 132 Å². The molecule has 2 rings (SSSR count). The van der Waals surface area contributed by atoms with E-state index in [1.807, 2.05) is 6.92 Å². The number of hydrogen-bond donors (Lipinski definition) is 1. The average molecular weight is 330 g/mol. The molecule has 1 atom stereocenters. The zero-order valence-electron chi connectivity index (χ0n) is 11.5. The number of halogens is 4. The van der Waals surface area contributed by atoms with Gasteiger partial charge in [-0.2, -0.15) is 0 Å². The molecular formula is C16H15Cl2F2N. The van der Waals surface area contributed by atoms with Crippen LogP contribution in [0.5, 0.6) is 0 Å². The minimum absolute atomic E-state index is 0.295. The smallest absolute Gasteiger partial charge is 0.159 e. The molecule has 0 heterocycles. The van der Waals surface area contributed by atoms with Crippen LogP contribution < -0.4 is 5.32 Å². The van der Waals surface area contributed by atoms with Crippen LogP contribution in [-0.4, -0.2) is 6.54 Å². The molecule has 0 fully saturated rings. The van der Waals surface area contributed by atoms with Crippen molar-refractivity contribution in [1.82, 2.24) is 5.32 Å². The molecule has 0 aliphatic heterocycles. The SMILES string of the molecule is CCCNC(c1cc(Cl)cc(Cl)c1)c1ccc(F)c(F)c1. The third kappa shape index (κ3) is 4.16. The van der Waals surface area contributed by atoms with Crippen molar-refractivity contribution in [3.63, 3.8) is 0 Å². The van der Waals surface area contributed by atoms with Gasteiger partial charge >= 0.3 is 0 Å². The highest BCUT2D eigenvalue weighted by molar-refractivity contribution is 6.34. The van der Waals surface area contributed by atoms with E-state index in [9.17, 15) is 8.78 Å². The van der Waals surface area contributed by atoms with Crippen LogP contribution in [-0.2, 0) is 0 Å². The molecule has 0 aliphatic carbocycles. The van der Waals surface area contributed by atoms with Gasteiger partial charge in [-0.05, 0) is 54.4 Å². The number of nitrogens with one attached hydrogen (secondary N) is 1. The molecule has 1 nitrogen and oxygen atoms in total. The Bertz CT molecular complexity index is 611. The molecule has 0 spiro atoms.